The van der Waals surface area contributed by atoms with Gasteiger partial charge in [-0.05, 0) is 24.5 Å². The third-order valence-electron chi connectivity index (χ3n) is 3.03. The SMILES string of the molecule is CC[C@@H]1C[C@H]1c1nnc2ccc(Cl)nn12. The van der Waals surface area contributed by atoms with Crippen LogP contribution in [0.1, 0.15) is 31.5 Å². The monoisotopic (exact) mass is 222 g/mol. The van der Waals surface area contributed by atoms with Crippen LogP contribution in [-0.2, 0) is 0 Å². The second kappa shape index (κ2) is 3.17. The van der Waals surface area contributed by atoms with Gasteiger partial charge in [0.05, 0.1) is 0 Å². The Hall–Kier alpha value is -1.16. The fourth-order valence-corrected chi connectivity index (χ4v) is 2.17. The Morgan fingerprint density at radius 1 is 1.47 bits per heavy atom. The Balaban J connectivity index is 2.08. The molecule has 0 spiro atoms. The average Bonchev–Trinajstić information content (AvgIpc) is 2.91. The number of fused-ring (bicyclic) bond motifs is 1. The molecule has 1 aliphatic carbocycles. The number of nitrogens with zero attached hydrogens (tertiary/aromatic N) is 4. The molecule has 1 fully saturated rings. The summed E-state index contributed by atoms with van der Waals surface area (Å²) in [5, 5.41) is 13.0. The van der Waals surface area contributed by atoms with E-state index in [2.05, 4.69) is 22.2 Å². The molecule has 78 valence electrons. The first kappa shape index (κ1) is 9.09. The molecule has 5 heteroatoms. The van der Waals surface area contributed by atoms with Crippen LogP contribution in [0.15, 0.2) is 12.1 Å². The van der Waals surface area contributed by atoms with Crippen LogP contribution in [0.2, 0.25) is 5.15 Å². The predicted molar refractivity (Wildman–Crippen MR) is 56.9 cm³/mol. The molecule has 0 radical (unpaired) electrons. The molecule has 0 N–H and O–H groups in total. The Bertz CT molecular complexity index is 507. The van der Waals surface area contributed by atoms with Gasteiger partial charge in [0, 0.05) is 5.92 Å². The van der Waals surface area contributed by atoms with E-state index in [1.165, 1.54) is 12.8 Å². The number of hydrogen-bond donors (Lipinski definition) is 0. The highest BCUT2D eigenvalue weighted by molar-refractivity contribution is 6.29. The minimum Gasteiger partial charge on any atom is -0.196 e. The van der Waals surface area contributed by atoms with Gasteiger partial charge in [0.15, 0.2) is 11.5 Å². The van der Waals surface area contributed by atoms with Gasteiger partial charge in [-0.3, -0.25) is 0 Å². The lowest BCUT2D eigenvalue weighted by Gasteiger charge is -1.97. The zero-order chi connectivity index (χ0) is 10.4. The smallest absolute Gasteiger partial charge is 0.178 e. The van der Waals surface area contributed by atoms with Crippen LogP contribution in [0.5, 0.6) is 0 Å². The van der Waals surface area contributed by atoms with Gasteiger partial charge in [0.2, 0.25) is 0 Å². The third kappa shape index (κ3) is 1.40. The first-order valence-corrected chi connectivity index (χ1v) is 5.55. The fraction of sp³-hybridized carbons (Fsp3) is 0.500. The van der Waals surface area contributed by atoms with Crippen molar-refractivity contribution < 1.29 is 0 Å². The molecule has 2 atom stereocenters. The first-order valence-electron chi connectivity index (χ1n) is 5.17. The van der Waals surface area contributed by atoms with Crippen molar-refractivity contribution in [2.75, 3.05) is 0 Å². The van der Waals surface area contributed by atoms with E-state index in [0.717, 1.165) is 17.4 Å². The van der Waals surface area contributed by atoms with E-state index in [9.17, 15) is 0 Å². The third-order valence-corrected chi connectivity index (χ3v) is 3.23. The number of hydrogen-bond acceptors (Lipinski definition) is 3. The molecule has 2 aromatic heterocycles. The molecule has 15 heavy (non-hydrogen) atoms. The standard InChI is InChI=1S/C10H11ClN4/c1-2-6-5-7(6)10-13-12-9-4-3-8(11)14-15(9)10/h3-4,6-7H,2,5H2,1H3/t6-,7-/m1/s1. The summed E-state index contributed by atoms with van der Waals surface area (Å²) in [6.07, 6.45) is 2.39. The molecule has 4 nitrogen and oxygen atoms in total. The maximum atomic E-state index is 5.86. The normalized spacial score (nSPS) is 24.7. The molecule has 0 amide bonds. The summed E-state index contributed by atoms with van der Waals surface area (Å²) < 4.78 is 1.77. The van der Waals surface area contributed by atoms with Gasteiger partial charge in [-0.1, -0.05) is 24.9 Å². The zero-order valence-corrected chi connectivity index (χ0v) is 9.15. The molecule has 2 heterocycles. The highest BCUT2D eigenvalue weighted by Gasteiger charge is 2.40. The van der Waals surface area contributed by atoms with Crippen molar-refractivity contribution in [3.05, 3.63) is 23.1 Å². The summed E-state index contributed by atoms with van der Waals surface area (Å²) >= 11 is 5.86. The van der Waals surface area contributed by atoms with Crippen molar-refractivity contribution in [1.29, 1.82) is 0 Å². The number of halogens is 1. The molecule has 0 bridgehead atoms. The number of aromatic nitrogens is 4. The summed E-state index contributed by atoms with van der Waals surface area (Å²) in [6.45, 7) is 2.20. The lowest BCUT2D eigenvalue weighted by molar-refractivity contribution is 0.718. The van der Waals surface area contributed by atoms with Crippen molar-refractivity contribution in [3.63, 3.8) is 0 Å². The van der Waals surface area contributed by atoms with Crippen molar-refractivity contribution >= 4 is 17.2 Å². The van der Waals surface area contributed by atoms with Gasteiger partial charge < -0.3 is 0 Å². The molecule has 3 rings (SSSR count). The topological polar surface area (TPSA) is 43.1 Å². The second-order valence-electron chi connectivity index (χ2n) is 3.99. The molecule has 0 aromatic carbocycles. The predicted octanol–water partition coefficient (Wildman–Crippen LogP) is 2.29. The summed E-state index contributed by atoms with van der Waals surface area (Å²) in [7, 11) is 0. The molecular formula is C10H11ClN4. The Morgan fingerprint density at radius 3 is 3.07 bits per heavy atom. The van der Waals surface area contributed by atoms with Gasteiger partial charge in [0.25, 0.3) is 0 Å². The molecule has 0 aliphatic heterocycles. The van der Waals surface area contributed by atoms with E-state index >= 15 is 0 Å². The van der Waals surface area contributed by atoms with Gasteiger partial charge >= 0.3 is 0 Å². The van der Waals surface area contributed by atoms with Crippen LogP contribution in [0, 0.1) is 5.92 Å². The second-order valence-corrected chi connectivity index (χ2v) is 4.38. The van der Waals surface area contributed by atoms with Gasteiger partial charge in [-0.2, -0.15) is 9.61 Å². The lowest BCUT2D eigenvalue weighted by atomic mass is 10.2. The highest BCUT2D eigenvalue weighted by Crippen LogP contribution is 2.48. The van der Waals surface area contributed by atoms with Crippen molar-refractivity contribution in [3.8, 4) is 0 Å². The van der Waals surface area contributed by atoms with Crippen molar-refractivity contribution in [1.82, 2.24) is 19.8 Å². The maximum absolute atomic E-state index is 5.86. The molecule has 0 saturated heterocycles. The van der Waals surface area contributed by atoms with Crippen LogP contribution in [0.25, 0.3) is 5.65 Å². The summed E-state index contributed by atoms with van der Waals surface area (Å²) in [4.78, 5) is 0. The Kier molecular flexibility index (Phi) is 1.92. The van der Waals surface area contributed by atoms with Crippen molar-refractivity contribution in [2.45, 2.75) is 25.7 Å². The van der Waals surface area contributed by atoms with Gasteiger partial charge in [0.1, 0.15) is 5.15 Å². The highest BCUT2D eigenvalue weighted by atomic mass is 35.5. The Labute approximate surface area is 92.3 Å². The van der Waals surface area contributed by atoms with E-state index in [1.54, 1.807) is 10.6 Å². The van der Waals surface area contributed by atoms with E-state index in [1.807, 2.05) is 6.07 Å². The van der Waals surface area contributed by atoms with E-state index in [0.29, 0.717) is 11.1 Å². The van der Waals surface area contributed by atoms with Crippen molar-refractivity contribution in [2.24, 2.45) is 5.92 Å². The quantitative estimate of drug-likeness (QED) is 0.783. The fourth-order valence-electron chi connectivity index (χ4n) is 2.03. The van der Waals surface area contributed by atoms with Gasteiger partial charge in [-0.25, -0.2) is 0 Å². The lowest BCUT2D eigenvalue weighted by Crippen LogP contribution is -1.98. The average molecular weight is 223 g/mol. The van der Waals surface area contributed by atoms with E-state index < -0.39 is 0 Å². The van der Waals surface area contributed by atoms with Crippen LogP contribution >= 0.6 is 11.6 Å². The maximum Gasteiger partial charge on any atom is 0.178 e. The Morgan fingerprint density at radius 2 is 2.33 bits per heavy atom. The largest absolute Gasteiger partial charge is 0.196 e. The van der Waals surface area contributed by atoms with E-state index in [4.69, 9.17) is 11.6 Å². The molecule has 0 unspecified atom stereocenters. The summed E-state index contributed by atoms with van der Waals surface area (Å²) in [6, 6.07) is 3.58. The zero-order valence-electron chi connectivity index (χ0n) is 8.39. The minimum atomic E-state index is 0.484. The van der Waals surface area contributed by atoms with Gasteiger partial charge in [-0.15, -0.1) is 10.2 Å². The van der Waals surface area contributed by atoms with Crippen LogP contribution in [-0.4, -0.2) is 19.8 Å². The number of rotatable bonds is 2. The molecule has 2 aromatic rings. The molecular weight excluding hydrogens is 212 g/mol. The summed E-state index contributed by atoms with van der Waals surface area (Å²) in [5.41, 5.74) is 0.774. The van der Waals surface area contributed by atoms with Crippen LogP contribution in [0.3, 0.4) is 0 Å². The summed E-state index contributed by atoms with van der Waals surface area (Å²) in [5.74, 6) is 2.23. The van der Waals surface area contributed by atoms with Crippen LogP contribution < -0.4 is 0 Å². The van der Waals surface area contributed by atoms with E-state index in [-0.39, 0.29) is 0 Å². The van der Waals surface area contributed by atoms with Crippen LogP contribution in [0.4, 0.5) is 0 Å². The first-order chi connectivity index (χ1) is 7.29. The molecule has 1 saturated carbocycles. The molecule has 1 aliphatic rings. The minimum absolute atomic E-state index is 0.484.